The highest BCUT2D eigenvalue weighted by molar-refractivity contribution is 7.16. The third-order valence-electron chi connectivity index (χ3n) is 3.55. The molecule has 0 fully saturated rings. The molecule has 0 spiro atoms. The first-order valence-corrected chi connectivity index (χ1v) is 7.93. The summed E-state index contributed by atoms with van der Waals surface area (Å²) in [6, 6.07) is 7.17. The van der Waals surface area contributed by atoms with Gasteiger partial charge in [0.15, 0.2) is 0 Å². The van der Waals surface area contributed by atoms with Crippen molar-refractivity contribution in [1.29, 1.82) is 5.26 Å². The quantitative estimate of drug-likeness (QED) is 0.906. The molecule has 120 valence electrons. The second kappa shape index (κ2) is 7.16. The van der Waals surface area contributed by atoms with E-state index in [-0.39, 0.29) is 5.91 Å². The topological polar surface area (TPSA) is 71.3 Å². The monoisotopic (exact) mass is 330 g/mol. The summed E-state index contributed by atoms with van der Waals surface area (Å²) in [6.45, 7) is 3.95. The van der Waals surface area contributed by atoms with Crippen molar-refractivity contribution in [3.63, 3.8) is 0 Å². The van der Waals surface area contributed by atoms with Crippen LogP contribution < -0.4 is 14.8 Å². The normalized spacial score (nSPS) is 10.0. The Kier molecular flexibility index (Phi) is 5.24. The maximum Gasteiger partial charge on any atom is 0.260 e. The largest absolute Gasteiger partial charge is 0.497 e. The van der Waals surface area contributed by atoms with Crippen LogP contribution in [0.2, 0.25) is 0 Å². The second-order valence-corrected chi connectivity index (χ2v) is 6.05. The van der Waals surface area contributed by atoms with E-state index in [1.165, 1.54) is 18.4 Å². The first-order chi connectivity index (χ1) is 11.0. The number of hydrogen-bond acceptors (Lipinski definition) is 5. The minimum atomic E-state index is -0.315. The molecule has 23 heavy (non-hydrogen) atoms. The SMILES string of the molecule is CCc1c(C)sc(NC(=O)c2ccc(OC)cc2OC)c1C#N. The Morgan fingerprint density at radius 2 is 2.09 bits per heavy atom. The summed E-state index contributed by atoms with van der Waals surface area (Å²) >= 11 is 1.41. The third kappa shape index (κ3) is 3.30. The van der Waals surface area contributed by atoms with Crippen molar-refractivity contribution in [2.45, 2.75) is 20.3 Å². The summed E-state index contributed by atoms with van der Waals surface area (Å²) in [5.41, 5.74) is 1.91. The van der Waals surface area contributed by atoms with E-state index in [0.29, 0.717) is 27.6 Å². The van der Waals surface area contributed by atoms with Gasteiger partial charge in [-0.25, -0.2) is 0 Å². The number of carbonyl (C=O) groups is 1. The maximum absolute atomic E-state index is 12.5. The molecule has 1 aromatic heterocycles. The molecule has 0 aliphatic heterocycles. The molecule has 0 aliphatic rings. The smallest absolute Gasteiger partial charge is 0.260 e. The Balaban J connectivity index is 2.35. The number of methoxy groups -OCH3 is 2. The van der Waals surface area contributed by atoms with Gasteiger partial charge >= 0.3 is 0 Å². The fourth-order valence-corrected chi connectivity index (χ4v) is 3.46. The van der Waals surface area contributed by atoms with Crippen molar-refractivity contribution in [2.75, 3.05) is 19.5 Å². The zero-order chi connectivity index (χ0) is 17.0. The third-order valence-corrected chi connectivity index (χ3v) is 4.62. The lowest BCUT2D eigenvalue weighted by Crippen LogP contribution is -2.13. The highest BCUT2D eigenvalue weighted by Crippen LogP contribution is 2.34. The molecule has 1 heterocycles. The number of carbonyl (C=O) groups excluding carboxylic acids is 1. The van der Waals surface area contributed by atoms with Crippen LogP contribution in [0.5, 0.6) is 11.5 Å². The number of thiophene rings is 1. The molecule has 5 nitrogen and oxygen atoms in total. The van der Waals surface area contributed by atoms with E-state index in [1.54, 1.807) is 25.3 Å². The molecule has 2 aromatic rings. The van der Waals surface area contributed by atoms with Crippen molar-refractivity contribution in [3.05, 3.63) is 39.8 Å². The minimum Gasteiger partial charge on any atom is -0.497 e. The van der Waals surface area contributed by atoms with Crippen LogP contribution in [0.3, 0.4) is 0 Å². The van der Waals surface area contributed by atoms with Crippen LogP contribution in [0.4, 0.5) is 5.00 Å². The van der Waals surface area contributed by atoms with Gasteiger partial charge in [0.1, 0.15) is 22.6 Å². The molecule has 6 heteroatoms. The van der Waals surface area contributed by atoms with E-state index in [2.05, 4.69) is 11.4 Å². The van der Waals surface area contributed by atoms with Gasteiger partial charge in [-0.3, -0.25) is 4.79 Å². The highest BCUT2D eigenvalue weighted by Gasteiger charge is 2.19. The Bertz CT molecular complexity index is 775. The molecule has 0 bridgehead atoms. The fourth-order valence-electron chi connectivity index (χ4n) is 2.37. The van der Waals surface area contributed by atoms with E-state index in [1.807, 2.05) is 13.8 Å². The van der Waals surface area contributed by atoms with Crippen LogP contribution in [0.25, 0.3) is 0 Å². The van der Waals surface area contributed by atoms with Crippen LogP contribution in [0.1, 0.15) is 33.3 Å². The number of amides is 1. The lowest BCUT2D eigenvalue weighted by Gasteiger charge is -2.10. The predicted octanol–water partition coefficient (Wildman–Crippen LogP) is 3.76. The Hall–Kier alpha value is -2.52. The fraction of sp³-hybridized carbons (Fsp3) is 0.294. The summed E-state index contributed by atoms with van der Waals surface area (Å²) in [5, 5.41) is 12.8. The van der Waals surface area contributed by atoms with Crippen LogP contribution in [0, 0.1) is 18.3 Å². The van der Waals surface area contributed by atoms with Crippen molar-refractivity contribution in [1.82, 2.24) is 0 Å². The van der Waals surface area contributed by atoms with Gasteiger partial charge in [-0.05, 0) is 31.0 Å². The van der Waals surface area contributed by atoms with E-state index < -0.39 is 0 Å². The molecular weight excluding hydrogens is 312 g/mol. The van der Waals surface area contributed by atoms with Gasteiger partial charge in [-0.2, -0.15) is 5.26 Å². The molecule has 2 rings (SSSR count). The zero-order valence-electron chi connectivity index (χ0n) is 13.5. The lowest BCUT2D eigenvalue weighted by molar-refractivity contribution is 0.102. The number of rotatable bonds is 5. The van der Waals surface area contributed by atoms with Gasteiger partial charge in [0.25, 0.3) is 5.91 Å². The molecule has 0 aliphatic carbocycles. The molecule has 1 amide bonds. The molecule has 0 atom stereocenters. The zero-order valence-corrected chi connectivity index (χ0v) is 14.3. The lowest BCUT2D eigenvalue weighted by atomic mass is 10.1. The van der Waals surface area contributed by atoms with Crippen LogP contribution in [-0.2, 0) is 6.42 Å². The summed E-state index contributed by atoms with van der Waals surface area (Å²) in [5.74, 6) is 0.714. The van der Waals surface area contributed by atoms with Gasteiger partial charge in [0.2, 0.25) is 0 Å². The molecule has 0 saturated carbocycles. The number of anilines is 1. The van der Waals surface area contributed by atoms with Crippen LogP contribution >= 0.6 is 11.3 Å². The minimum absolute atomic E-state index is 0.315. The Morgan fingerprint density at radius 3 is 2.65 bits per heavy atom. The molecule has 0 saturated heterocycles. The van der Waals surface area contributed by atoms with E-state index in [9.17, 15) is 10.1 Å². The van der Waals surface area contributed by atoms with Crippen molar-refractivity contribution in [2.24, 2.45) is 0 Å². The number of nitrogens with one attached hydrogen (secondary N) is 1. The van der Waals surface area contributed by atoms with Gasteiger partial charge in [0, 0.05) is 10.9 Å². The number of aryl methyl sites for hydroxylation is 1. The molecule has 0 radical (unpaired) electrons. The van der Waals surface area contributed by atoms with E-state index in [4.69, 9.17) is 9.47 Å². The standard InChI is InChI=1S/C17H18N2O3S/c1-5-12-10(2)23-17(14(12)9-18)19-16(20)13-7-6-11(21-3)8-15(13)22-4/h6-8H,5H2,1-4H3,(H,19,20). The van der Waals surface area contributed by atoms with E-state index >= 15 is 0 Å². The van der Waals surface area contributed by atoms with Gasteiger partial charge in [0.05, 0.1) is 25.3 Å². The number of benzene rings is 1. The highest BCUT2D eigenvalue weighted by atomic mass is 32.1. The molecular formula is C17H18N2O3S. The van der Waals surface area contributed by atoms with Crippen molar-refractivity contribution >= 4 is 22.2 Å². The van der Waals surface area contributed by atoms with Gasteiger partial charge in [-0.15, -0.1) is 11.3 Å². The van der Waals surface area contributed by atoms with Crippen LogP contribution in [-0.4, -0.2) is 20.1 Å². The second-order valence-electron chi connectivity index (χ2n) is 4.83. The maximum atomic E-state index is 12.5. The summed E-state index contributed by atoms with van der Waals surface area (Å²) < 4.78 is 10.4. The first kappa shape index (κ1) is 16.8. The summed E-state index contributed by atoms with van der Waals surface area (Å²) in [6.07, 6.45) is 0.757. The number of hydrogen-bond donors (Lipinski definition) is 1. The summed E-state index contributed by atoms with van der Waals surface area (Å²) in [4.78, 5) is 13.6. The predicted molar refractivity (Wildman–Crippen MR) is 90.6 cm³/mol. The number of ether oxygens (including phenoxy) is 2. The van der Waals surface area contributed by atoms with E-state index in [0.717, 1.165) is 16.9 Å². The van der Waals surface area contributed by atoms with Gasteiger partial charge < -0.3 is 14.8 Å². The van der Waals surface area contributed by atoms with Crippen LogP contribution in [0.15, 0.2) is 18.2 Å². The molecule has 1 N–H and O–H groups in total. The average molecular weight is 330 g/mol. The Morgan fingerprint density at radius 1 is 1.35 bits per heavy atom. The summed E-state index contributed by atoms with van der Waals surface area (Å²) in [7, 11) is 3.05. The van der Waals surface area contributed by atoms with Crippen molar-refractivity contribution < 1.29 is 14.3 Å². The van der Waals surface area contributed by atoms with Gasteiger partial charge in [-0.1, -0.05) is 6.92 Å². The molecule has 0 unspecified atom stereocenters. The number of nitrogens with zero attached hydrogens (tertiary/aromatic N) is 1. The average Bonchev–Trinajstić information content (AvgIpc) is 2.88. The first-order valence-electron chi connectivity index (χ1n) is 7.11. The number of nitriles is 1. The Labute approximate surface area is 139 Å². The van der Waals surface area contributed by atoms with Crippen molar-refractivity contribution in [3.8, 4) is 17.6 Å². The molecule has 1 aromatic carbocycles.